The average Bonchev–Trinajstić information content (AvgIpc) is 1.59. The zero-order valence-corrected chi connectivity index (χ0v) is 77.3. The first kappa shape index (κ1) is 83.5. The molecule has 126 heavy (non-hydrogen) atoms. The van der Waals surface area contributed by atoms with Gasteiger partial charge in [-0.25, -0.2) is 19.9 Å². The van der Waals surface area contributed by atoms with Crippen molar-refractivity contribution in [1.29, 1.82) is 0 Å². The van der Waals surface area contributed by atoms with E-state index < -0.39 is 0 Å². The molecule has 10 heteroatoms. The van der Waals surface area contributed by atoms with E-state index in [9.17, 15) is 0 Å². The molecule has 14 aromatic rings. The number of unbranched alkanes of at least 4 members (excludes halogenated alkanes) is 3. The van der Waals surface area contributed by atoms with Gasteiger partial charge in [0, 0.05) is 88.6 Å². The minimum absolute atomic E-state index is 0.597. The normalized spacial score (nSPS) is 12.3. The molecule has 0 saturated heterocycles. The summed E-state index contributed by atoms with van der Waals surface area (Å²) in [6, 6.07) is 54.4. The summed E-state index contributed by atoms with van der Waals surface area (Å²) in [5, 5.41) is 0. The van der Waals surface area contributed by atoms with E-state index in [4.69, 9.17) is 29.4 Å². The van der Waals surface area contributed by atoms with Gasteiger partial charge in [-0.3, -0.25) is 0 Å². The van der Waals surface area contributed by atoms with Crippen molar-refractivity contribution in [2.24, 2.45) is 0 Å². The van der Waals surface area contributed by atoms with Crippen LogP contribution in [0.5, 0.6) is 11.5 Å². The van der Waals surface area contributed by atoms with Crippen LogP contribution in [0.15, 0.2) is 146 Å². The minimum atomic E-state index is 0.597. The van der Waals surface area contributed by atoms with Crippen LogP contribution in [0.25, 0.3) is 182 Å². The molecule has 4 aliphatic heterocycles. The number of aryl methyl sites for hydroxylation is 22. The van der Waals surface area contributed by atoms with Crippen molar-refractivity contribution in [2.45, 2.75) is 178 Å². The van der Waals surface area contributed by atoms with Gasteiger partial charge in [0.05, 0.1) is 58.8 Å². The van der Waals surface area contributed by atoms with Crippen molar-refractivity contribution in [3.8, 4) is 101 Å². The highest BCUT2D eigenvalue weighted by Crippen LogP contribution is 2.48. The molecule has 10 heterocycles. The predicted octanol–water partition coefficient (Wildman–Crippen LogP) is 30.8. The molecule has 0 aliphatic carbocycles. The number of hydrogen-bond acceptors (Lipinski definition) is 6. The van der Waals surface area contributed by atoms with E-state index >= 15 is 0 Å². The molecule has 0 fully saturated rings. The predicted molar refractivity (Wildman–Crippen MR) is 535 cm³/mol. The van der Waals surface area contributed by atoms with Crippen LogP contribution in [0.4, 0.5) is 0 Å². The van der Waals surface area contributed by atoms with E-state index in [1.54, 1.807) is 0 Å². The lowest BCUT2D eigenvalue weighted by molar-refractivity contribution is 0.287. The molecule has 8 aromatic carbocycles. The Labute approximate surface area is 742 Å². The fourth-order valence-electron chi connectivity index (χ4n) is 21.7. The number of nitrogens with zero attached hydrogens (tertiary/aromatic N) is 4. The molecule has 4 N–H and O–H groups in total. The van der Waals surface area contributed by atoms with Gasteiger partial charge < -0.3 is 29.4 Å². The highest BCUT2D eigenvalue weighted by atomic mass is 16.5. The Kier molecular flexibility index (Phi) is 22.0. The zero-order chi connectivity index (χ0) is 88.3. The summed E-state index contributed by atoms with van der Waals surface area (Å²) in [6.45, 7) is 49.9. The molecule has 0 saturated carbocycles. The fourth-order valence-corrected chi connectivity index (χ4v) is 21.7. The monoisotopic (exact) mass is 1650 g/mol. The van der Waals surface area contributed by atoms with Crippen molar-refractivity contribution in [3.05, 3.63) is 314 Å². The number of hydrogen-bond donors (Lipinski definition) is 4. The number of aromatic amines is 4. The Hall–Kier alpha value is -13.4. The topological polar surface area (TPSA) is 133 Å². The quantitative estimate of drug-likeness (QED) is 0.0671. The number of fused-ring (bicyclic) bond motifs is 16. The van der Waals surface area contributed by atoms with Crippen LogP contribution in [0.3, 0.4) is 0 Å². The molecule has 18 rings (SSSR count). The van der Waals surface area contributed by atoms with E-state index in [1.807, 2.05) is 0 Å². The van der Waals surface area contributed by atoms with Gasteiger partial charge in [-0.05, 0) is 433 Å². The summed E-state index contributed by atoms with van der Waals surface area (Å²) in [5.41, 5.74) is 58.9. The van der Waals surface area contributed by atoms with Crippen LogP contribution in [0, 0.1) is 152 Å². The van der Waals surface area contributed by atoms with Gasteiger partial charge in [0.15, 0.2) is 0 Å². The summed E-state index contributed by atoms with van der Waals surface area (Å²) < 4.78 is 13.5. The molecule has 0 amide bonds. The Morgan fingerprint density at radius 3 is 0.452 bits per heavy atom. The first-order valence-corrected chi connectivity index (χ1v) is 44.8. The van der Waals surface area contributed by atoms with Gasteiger partial charge in [0.2, 0.25) is 0 Å². The van der Waals surface area contributed by atoms with Crippen molar-refractivity contribution in [2.75, 3.05) is 13.2 Å². The molecule has 0 atom stereocenters. The van der Waals surface area contributed by atoms with E-state index in [2.05, 4.69) is 366 Å². The molecule has 0 unspecified atom stereocenters. The van der Waals surface area contributed by atoms with Gasteiger partial charge in [-0.1, -0.05) is 106 Å². The standard InChI is InChI=1S/C116H114N8O2/c1-61-45-67(7)101(68(8)46-61)109-85-27-31-89(117-85)111(103-71(11)49-63(3)50-72(103)12)93-35-39-97(121-93)115(98-40-36-94(122-98)112(90-32-28-86(109)118-90)104-73(13)51-64(4)52-74(104)14)107-79(19)57-83(58-80(107)20)125-43-25-23-24-26-44-126-84-59-81(21)108(82(22)60-84)116-99-41-37-95(123-99)113(105-75(15)53-65(5)54-76(105)16)91-33-29-87(119-91)110(102-69(9)47-62(2)48-70(102)10)88-30-34-92(120-88)114(96-38-42-100(116)124-96)106-77(17)55-66(6)56-78(106)18/h27-42,45-60,117,119,122,124H,23-26,43-44H2,1-22H3. The lowest BCUT2D eigenvalue weighted by Gasteiger charge is -2.16. The largest absolute Gasteiger partial charge is 0.494 e. The molecule has 6 aromatic heterocycles. The van der Waals surface area contributed by atoms with Gasteiger partial charge in [0.1, 0.15) is 11.5 Å². The van der Waals surface area contributed by atoms with Crippen LogP contribution in [0.2, 0.25) is 0 Å². The molecule has 16 bridgehead atoms. The van der Waals surface area contributed by atoms with E-state index in [0.29, 0.717) is 13.2 Å². The van der Waals surface area contributed by atoms with Crippen LogP contribution >= 0.6 is 0 Å². The second-order valence-corrected chi connectivity index (χ2v) is 36.6. The smallest absolute Gasteiger partial charge is 0.119 e. The second-order valence-electron chi connectivity index (χ2n) is 36.6. The maximum atomic E-state index is 6.75. The fraction of sp³-hybridized carbons (Fsp3) is 0.241. The van der Waals surface area contributed by atoms with Crippen LogP contribution in [-0.4, -0.2) is 53.1 Å². The van der Waals surface area contributed by atoms with Crippen molar-refractivity contribution < 1.29 is 9.47 Å². The molecular formula is C116H114N8O2. The third-order valence-corrected chi connectivity index (χ3v) is 26.2. The third-order valence-electron chi connectivity index (χ3n) is 26.2. The summed E-state index contributed by atoms with van der Waals surface area (Å²) in [5.74, 6) is 1.72. The Balaban J connectivity index is 0.657. The molecular weight excluding hydrogens is 1540 g/mol. The first-order valence-electron chi connectivity index (χ1n) is 44.8. The number of aromatic nitrogens is 8. The lowest BCUT2D eigenvalue weighted by Crippen LogP contribution is -2.02. The average molecular weight is 1650 g/mol. The molecule has 0 spiro atoms. The summed E-state index contributed by atoms with van der Waals surface area (Å²) in [6.07, 6.45) is 21.6. The van der Waals surface area contributed by atoms with Crippen LogP contribution in [-0.2, 0) is 0 Å². The first-order chi connectivity index (χ1) is 60.5. The van der Waals surface area contributed by atoms with Crippen molar-refractivity contribution in [3.63, 3.8) is 0 Å². The van der Waals surface area contributed by atoms with Gasteiger partial charge in [0.25, 0.3) is 0 Å². The highest BCUT2D eigenvalue weighted by Gasteiger charge is 2.29. The molecule has 10 nitrogen and oxygen atoms in total. The summed E-state index contributed by atoms with van der Waals surface area (Å²) in [4.78, 5) is 39.3. The van der Waals surface area contributed by atoms with Crippen molar-refractivity contribution in [1.82, 2.24) is 39.9 Å². The molecule has 0 radical (unpaired) electrons. The molecule has 4 aliphatic rings. The van der Waals surface area contributed by atoms with Crippen LogP contribution in [0.1, 0.15) is 194 Å². The van der Waals surface area contributed by atoms with Crippen LogP contribution < -0.4 is 9.47 Å². The van der Waals surface area contributed by atoms with E-state index in [-0.39, 0.29) is 0 Å². The summed E-state index contributed by atoms with van der Waals surface area (Å²) >= 11 is 0. The molecule has 630 valence electrons. The van der Waals surface area contributed by atoms with Gasteiger partial charge in [-0.15, -0.1) is 0 Å². The maximum absolute atomic E-state index is 6.75. The number of rotatable bonds is 17. The maximum Gasteiger partial charge on any atom is 0.119 e. The van der Waals surface area contributed by atoms with E-state index in [0.717, 1.165) is 205 Å². The Bertz CT molecular complexity index is 6730. The minimum Gasteiger partial charge on any atom is -0.494 e. The van der Waals surface area contributed by atoms with Crippen molar-refractivity contribution >= 4 is 92.7 Å². The number of nitrogens with one attached hydrogen (secondary N) is 4. The third kappa shape index (κ3) is 15.4. The highest BCUT2D eigenvalue weighted by molar-refractivity contribution is 6.06. The zero-order valence-electron chi connectivity index (χ0n) is 77.3. The number of H-pyrrole nitrogens is 4. The number of ether oxygens (including phenoxy) is 2. The van der Waals surface area contributed by atoms with E-state index in [1.165, 1.54) is 134 Å². The van der Waals surface area contributed by atoms with Gasteiger partial charge >= 0.3 is 0 Å². The Morgan fingerprint density at radius 1 is 0.175 bits per heavy atom. The second kappa shape index (κ2) is 33.2. The summed E-state index contributed by atoms with van der Waals surface area (Å²) in [7, 11) is 0. The Morgan fingerprint density at radius 2 is 0.310 bits per heavy atom. The van der Waals surface area contributed by atoms with Gasteiger partial charge in [-0.2, -0.15) is 0 Å². The lowest BCUT2D eigenvalue weighted by atomic mass is 9.92. The number of benzene rings is 8. The SMILES string of the molecule is Cc1cc(C)c(-c2c3nc(c(-c4c(C)cc(C)cc4C)c4ccc([nH]4)c(-c4c(C)cc(OCCCCCCOc5cc(C)c(-c6c7nc(c(-c8c(C)cc(C)cc8C)c8ccc([nH]8)c(-c8c(C)cc(C)cc8C)c8nc(c(-c9c(C)cc(C)cc9C)c9ccc6[nH]9)C=C8)C=C7)c(C)c5)cc4C)c4nc(c(-c5c(C)cc(C)cc5C)c5ccc2[nH]5)C=C4)C=C3)c(C)c1.